The molecule has 0 saturated heterocycles. The van der Waals surface area contributed by atoms with Crippen molar-refractivity contribution in [3.63, 3.8) is 0 Å². The zero-order valence-corrected chi connectivity index (χ0v) is 12.9. The number of nitrogens with two attached hydrogens (primary N) is 1. The Balaban J connectivity index is 2.34. The van der Waals surface area contributed by atoms with Crippen LogP contribution < -0.4 is 11.1 Å². The van der Waals surface area contributed by atoms with Crippen molar-refractivity contribution < 1.29 is 4.79 Å². The van der Waals surface area contributed by atoms with Gasteiger partial charge < -0.3 is 16.0 Å². The van der Waals surface area contributed by atoms with Gasteiger partial charge in [-0.3, -0.25) is 4.79 Å². The van der Waals surface area contributed by atoms with Crippen molar-refractivity contribution in [1.82, 2.24) is 10.2 Å². The Morgan fingerprint density at radius 3 is 2.74 bits per heavy atom. The van der Waals surface area contributed by atoms with Crippen molar-refractivity contribution in [3.8, 4) is 0 Å². The first-order chi connectivity index (χ1) is 9.01. The van der Waals surface area contributed by atoms with Crippen LogP contribution in [0.5, 0.6) is 0 Å². The first kappa shape index (κ1) is 16.4. The first-order valence-electron chi connectivity index (χ1n) is 7.81. The van der Waals surface area contributed by atoms with Gasteiger partial charge in [0.05, 0.1) is 5.54 Å². The molecular weight excluding hydrogens is 238 g/mol. The molecule has 4 nitrogen and oxygen atoms in total. The molecule has 1 aliphatic rings. The normalized spacial score (nSPS) is 27.5. The maximum absolute atomic E-state index is 12.2. The standard InChI is InChI=1S/C15H31N3O/c1-4-10-18(5-2)11-9-17-14(19)15(16)8-6-7-13(3)12-15/h13H,4-12,16H2,1-3H3,(H,17,19). The van der Waals surface area contributed by atoms with Gasteiger partial charge in [-0.05, 0) is 38.3 Å². The van der Waals surface area contributed by atoms with Gasteiger partial charge in [0.1, 0.15) is 0 Å². The van der Waals surface area contributed by atoms with Gasteiger partial charge in [-0.2, -0.15) is 0 Å². The van der Waals surface area contributed by atoms with E-state index in [-0.39, 0.29) is 5.91 Å². The molecule has 4 heteroatoms. The number of nitrogens with zero attached hydrogens (tertiary/aromatic N) is 1. The second kappa shape index (κ2) is 7.85. The lowest BCUT2D eigenvalue weighted by Gasteiger charge is -2.35. The molecule has 0 heterocycles. The third-order valence-electron chi connectivity index (χ3n) is 4.19. The number of hydrogen-bond donors (Lipinski definition) is 2. The molecule has 3 N–H and O–H groups in total. The minimum Gasteiger partial charge on any atom is -0.353 e. The van der Waals surface area contributed by atoms with E-state index in [1.165, 1.54) is 6.42 Å². The number of rotatable bonds is 7. The zero-order chi connectivity index (χ0) is 14.3. The second-order valence-electron chi connectivity index (χ2n) is 6.05. The zero-order valence-electron chi connectivity index (χ0n) is 12.9. The van der Waals surface area contributed by atoms with E-state index in [0.29, 0.717) is 12.5 Å². The van der Waals surface area contributed by atoms with Gasteiger partial charge in [0, 0.05) is 13.1 Å². The van der Waals surface area contributed by atoms with Crippen LogP contribution in [0.4, 0.5) is 0 Å². The van der Waals surface area contributed by atoms with Gasteiger partial charge in [0.25, 0.3) is 0 Å². The van der Waals surface area contributed by atoms with Gasteiger partial charge in [-0.15, -0.1) is 0 Å². The SMILES string of the molecule is CCCN(CC)CCNC(=O)C1(N)CCCC(C)C1. The van der Waals surface area contributed by atoms with E-state index >= 15 is 0 Å². The molecule has 0 aliphatic heterocycles. The summed E-state index contributed by atoms with van der Waals surface area (Å²) in [6.45, 7) is 10.3. The summed E-state index contributed by atoms with van der Waals surface area (Å²) in [6, 6.07) is 0. The molecule has 1 fully saturated rings. The molecule has 1 rings (SSSR count). The van der Waals surface area contributed by atoms with Gasteiger partial charge in [-0.25, -0.2) is 0 Å². The summed E-state index contributed by atoms with van der Waals surface area (Å²) in [7, 11) is 0. The van der Waals surface area contributed by atoms with Crippen LogP contribution in [-0.2, 0) is 4.79 Å². The topological polar surface area (TPSA) is 58.4 Å². The lowest BCUT2D eigenvalue weighted by Crippen LogP contribution is -2.57. The average molecular weight is 269 g/mol. The van der Waals surface area contributed by atoms with Crippen molar-refractivity contribution in [2.45, 2.75) is 58.4 Å². The molecule has 1 amide bonds. The van der Waals surface area contributed by atoms with Crippen LogP contribution in [0.2, 0.25) is 0 Å². The van der Waals surface area contributed by atoms with Gasteiger partial charge in [0.2, 0.25) is 5.91 Å². The van der Waals surface area contributed by atoms with Crippen LogP contribution >= 0.6 is 0 Å². The second-order valence-corrected chi connectivity index (χ2v) is 6.05. The highest BCUT2D eigenvalue weighted by atomic mass is 16.2. The lowest BCUT2D eigenvalue weighted by atomic mass is 9.76. The van der Waals surface area contributed by atoms with E-state index in [4.69, 9.17) is 5.73 Å². The summed E-state index contributed by atoms with van der Waals surface area (Å²) in [5.41, 5.74) is 5.65. The molecule has 0 radical (unpaired) electrons. The Morgan fingerprint density at radius 1 is 1.42 bits per heavy atom. The molecular formula is C15H31N3O. The Morgan fingerprint density at radius 2 is 2.16 bits per heavy atom. The molecule has 1 saturated carbocycles. The quantitative estimate of drug-likeness (QED) is 0.740. The summed E-state index contributed by atoms with van der Waals surface area (Å²) in [4.78, 5) is 14.6. The smallest absolute Gasteiger partial charge is 0.240 e. The number of carbonyl (C=O) groups is 1. The van der Waals surface area contributed by atoms with Crippen LogP contribution in [0, 0.1) is 5.92 Å². The summed E-state index contributed by atoms with van der Waals surface area (Å²) in [6.07, 6.45) is 5.08. The monoisotopic (exact) mass is 269 g/mol. The number of carbonyl (C=O) groups excluding carboxylic acids is 1. The van der Waals surface area contributed by atoms with E-state index in [1.807, 2.05) is 0 Å². The highest BCUT2D eigenvalue weighted by Crippen LogP contribution is 2.30. The Bertz CT molecular complexity index is 283. The summed E-state index contributed by atoms with van der Waals surface area (Å²) in [5.74, 6) is 0.614. The number of likely N-dealkylation sites (N-methyl/N-ethyl adjacent to an activating group) is 1. The average Bonchev–Trinajstić information content (AvgIpc) is 2.37. The van der Waals surface area contributed by atoms with Gasteiger partial charge >= 0.3 is 0 Å². The first-order valence-corrected chi connectivity index (χ1v) is 7.81. The van der Waals surface area contributed by atoms with E-state index in [2.05, 4.69) is 31.0 Å². The van der Waals surface area contributed by atoms with Crippen molar-refractivity contribution in [2.24, 2.45) is 11.7 Å². The molecule has 0 aromatic rings. The highest BCUT2D eigenvalue weighted by Gasteiger charge is 2.37. The number of nitrogens with one attached hydrogen (secondary N) is 1. The maximum atomic E-state index is 12.2. The molecule has 0 aromatic carbocycles. The number of amides is 1. The van der Waals surface area contributed by atoms with Crippen molar-refractivity contribution >= 4 is 5.91 Å². The molecule has 0 aromatic heterocycles. The van der Waals surface area contributed by atoms with E-state index in [9.17, 15) is 4.79 Å². The fourth-order valence-electron chi connectivity index (χ4n) is 3.05. The van der Waals surface area contributed by atoms with E-state index < -0.39 is 5.54 Å². The molecule has 1 aliphatic carbocycles. The molecule has 19 heavy (non-hydrogen) atoms. The minimum atomic E-state index is -0.626. The molecule has 112 valence electrons. The molecule has 0 bridgehead atoms. The van der Waals surface area contributed by atoms with Crippen LogP contribution in [-0.4, -0.2) is 42.5 Å². The largest absolute Gasteiger partial charge is 0.353 e. The summed E-state index contributed by atoms with van der Waals surface area (Å²) < 4.78 is 0. The summed E-state index contributed by atoms with van der Waals surface area (Å²) >= 11 is 0. The van der Waals surface area contributed by atoms with E-state index in [1.54, 1.807) is 0 Å². The Kier molecular flexibility index (Phi) is 6.80. The van der Waals surface area contributed by atoms with Crippen molar-refractivity contribution in [1.29, 1.82) is 0 Å². The van der Waals surface area contributed by atoms with Crippen LogP contribution in [0.15, 0.2) is 0 Å². The van der Waals surface area contributed by atoms with Gasteiger partial charge in [0.15, 0.2) is 0 Å². The predicted molar refractivity (Wildman–Crippen MR) is 80.0 cm³/mol. The number of hydrogen-bond acceptors (Lipinski definition) is 3. The maximum Gasteiger partial charge on any atom is 0.240 e. The summed E-state index contributed by atoms with van der Waals surface area (Å²) in [5, 5.41) is 3.03. The van der Waals surface area contributed by atoms with Crippen LogP contribution in [0.25, 0.3) is 0 Å². The molecule has 2 atom stereocenters. The molecule has 0 spiro atoms. The fraction of sp³-hybridized carbons (Fsp3) is 0.933. The lowest BCUT2D eigenvalue weighted by molar-refractivity contribution is -0.128. The predicted octanol–water partition coefficient (Wildman–Crippen LogP) is 1.74. The third kappa shape index (κ3) is 5.11. The Hall–Kier alpha value is -0.610. The molecule has 2 unspecified atom stereocenters. The van der Waals surface area contributed by atoms with Gasteiger partial charge in [-0.1, -0.05) is 33.6 Å². The fourth-order valence-corrected chi connectivity index (χ4v) is 3.05. The highest BCUT2D eigenvalue weighted by molar-refractivity contribution is 5.86. The Labute approximate surface area is 118 Å². The minimum absolute atomic E-state index is 0.0478. The third-order valence-corrected chi connectivity index (χ3v) is 4.19. The van der Waals surface area contributed by atoms with Crippen LogP contribution in [0.3, 0.4) is 0 Å². The van der Waals surface area contributed by atoms with Crippen molar-refractivity contribution in [2.75, 3.05) is 26.2 Å². The van der Waals surface area contributed by atoms with Crippen molar-refractivity contribution in [3.05, 3.63) is 0 Å². The van der Waals surface area contributed by atoms with E-state index in [0.717, 1.165) is 45.3 Å². The van der Waals surface area contributed by atoms with Crippen LogP contribution in [0.1, 0.15) is 52.9 Å².